The third-order valence-electron chi connectivity index (χ3n) is 4.76. The number of nitrogens with one attached hydrogen (secondary N) is 1. The van der Waals surface area contributed by atoms with E-state index in [1.807, 2.05) is 0 Å². The molecule has 0 saturated carbocycles. The van der Waals surface area contributed by atoms with Crippen molar-refractivity contribution < 1.29 is 24.1 Å². The number of aromatic nitrogens is 2. The molecule has 28 heavy (non-hydrogen) atoms. The predicted molar refractivity (Wildman–Crippen MR) is 98.4 cm³/mol. The maximum atomic E-state index is 12.5. The van der Waals surface area contributed by atoms with E-state index < -0.39 is 48.2 Å². The third kappa shape index (κ3) is 3.91. The molecule has 150 valence electrons. The molecule has 0 bridgehead atoms. The van der Waals surface area contributed by atoms with Crippen LogP contribution in [0.3, 0.4) is 0 Å². The lowest BCUT2D eigenvalue weighted by atomic mass is 9.97. The van der Waals surface area contributed by atoms with Crippen LogP contribution in [-0.2, 0) is 14.2 Å². The number of benzene rings is 1. The number of carbonyl (C=O) groups is 1. The van der Waals surface area contributed by atoms with Crippen molar-refractivity contribution >= 4 is 5.97 Å². The number of hydrogen-bond acceptors (Lipinski definition) is 7. The van der Waals surface area contributed by atoms with Crippen LogP contribution in [0.2, 0.25) is 0 Å². The van der Waals surface area contributed by atoms with Crippen LogP contribution in [0.5, 0.6) is 0 Å². The van der Waals surface area contributed by atoms with Crippen LogP contribution in [0.4, 0.5) is 0 Å². The maximum Gasteiger partial charge on any atom is 0.338 e. The van der Waals surface area contributed by atoms with Gasteiger partial charge >= 0.3 is 11.7 Å². The fourth-order valence-electron chi connectivity index (χ4n) is 3.27. The summed E-state index contributed by atoms with van der Waals surface area (Å²) in [5.41, 5.74) is -0.418. The second-order valence-electron chi connectivity index (χ2n) is 6.54. The standard InChI is InChI=1S/C19H22N2O7/c1-11-8-21(19(25)20-17(11)23)13-10-27-14(9-22)16(15(13)26-2)28-18(24)12-6-4-3-5-7-12/h3-8,13-16,22H,9-10H2,1-2H3,(H,20,23,25)/t13?,14?,15-,16+/m0/s1. The van der Waals surface area contributed by atoms with Crippen LogP contribution < -0.4 is 11.2 Å². The summed E-state index contributed by atoms with van der Waals surface area (Å²) in [4.78, 5) is 38.7. The lowest BCUT2D eigenvalue weighted by molar-refractivity contribution is -0.181. The van der Waals surface area contributed by atoms with E-state index in [4.69, 9.17) is 14.2 Å². The number of esters is 1. The highest BCUT2D eigenvalue weighted by atomic mass is 16.6. The first-order valence-electron chi connectivity index (χ1n) is 8.79. The molecule has 2 heterocycles. The lowest BCUT2D eigenvalue weighted by Gasteiger charge is -2.41. The molecular weight excluding hydrogens is 368 g/mol. The van der Waals surface area contributed by atoms with Gasteiger partial charge in [0, 0.05) is 18.9 Å². The summed E-state index contributed by atoms with van der Waals surface area (Å²) in [7, 11) is 1.42. The van der Waals surface area contributed by atoms with Crippen molar-refractivity contribution in [1.82, 2.24) is 9.55 Å². The number of ether oxygens (including phenoxy) is 3. The second kappa shape index (κ2) is 8.51. The van der Waals surface area contributed by atoms with Crippen LogP contribution in [0, 0.1) is 6.92 Å². The molecule has 1 aliphatic rings. The quantitative estimate of drug-likeness (QED) is 0.691. The molecule has 2 aromatic rings. The largest absolute Gasteiger partial charge is 0.453 e. The Hall–Kier alpha value is -2.75. The van der Waals surface area contributed by atoms with Gasteiger partial charge in [-0.25, -0.2) is 9.59 Å². The Morgan fingerprint density at radius 3 is 2.64 bits per heavy atom. The molecule has 1 aromatic heterocycles. The molecule has 1 fully saturated rings. The summed E-state index contributed by atoms with van der Waals surface area (Å²) in [5, 5.41) is 9.66. The van der Waals surface area contributed by atoms with Gasteiger partial charge in [-0.3, -0.25) is 14.3 Å². The molecule has 2 unspecified atom stereocenters. The Labute approximate surface area is 160 Å². The van der Waals surface area contributed by atoms with E-state index in [1.54, 1.807) is 37.3 Å². The molecule has 1 aliphatic heterocycles. The van der Waals surface area contributed by atoms with Gasteiger partial charge < -0.3 is 19.3 Å². The minimum absolute atomic E-state index is 0.0362. The highest BCUT2D eigenvalue weighted by molar-refractivity contribution is 5.89. The van der Waals surface area contributed by atoms with Gasteiger partial charge in [-0.05, 0) is 19.1 Å². The summed E-state index contributed by atoms with van der Waals surface area (Å²) in [6.45, 7) is 1.22. The van der Waals surface area contributed by atoms with Crippen LogP contribution in [0.15, 0.2) is 46.1 Å². The lowest BCUT2D eigenvalue weighted by Crippen LogP contribution is -2.56. The normalized spacial score (nSPS) is 24.7. The van der Waals surface area contributed by atoms with Crippen LogP contribution in [-0.4, -0.2) is 59.3 Å². The predicted octanol–water partition coefficient (Wildman–Crippen LogP) is 0.0178. The molecule has 2 N–H and O–H groups in total. The highest BCUT2D eigenvalue weighted by Crippen LogP contribution is 2.28. The van der Waals surface area contributed by atoms with Gasteiger partial charge in [-0.15, -0.1) is 0 Å². The highest BCUT2D eigenvalue weighted by Gasteiger charge is 2.44. The van der Waals surface area contributed by atoms with Gasteiger partial charge in [0.15, 0.2) is 6.10 Å². The minimum atomic E-state index is -0.958. The smallest absolute Gasteiger partial charge is 0.338 e. The van der Waals surface area contributed by atoms with Crippen molar-refractivity contribution in [2.75, 3.05) is 20.3 Å². The van der Waals surface area contributed by atoms with Gasteiger partial charge in [0.1, 0.15) is 12.2 Å². The third-order valence-corrected chi connectivity index (χ3v) is 4.76. The Bertz CT molecular complexity index is 937. The Morgan fingerprint density at radius 2 is 2.00 bits per heavy atom. The average molecular weight is 390 g/mol. The first-order valence-corrected chi connectivity index (χ1v) is 8.79. The van der Waals surface area contributed by atoms with Gasteiger partial charge in [0.05, 0.1) is 24.8 Å². The van der Waals surface area contributed by atoms with E-state index in [0.717, 1.165) is 0 Å². The van der Waals surface area contributed by atoms with E-state index in [1.165, 1.54) is 17.9 Å². The molecule has 3 rings (SSSR count). The monoisotopic (exact) mass is 390 g/mol. The number of aliphatic hydroxyl groups excluding tert-OH is 1. The molecule has 1 aromatic carbocycles. The molecule has 9 heteroatoms. The molecule has 1 saturated heterocycles. The summed E-state index contributed by atoms with van der Waals surface area (Å²) < 4.78 is 18.1. The molecule has 0 radical (unpaired) electrons. The van der Waals surface area contributed by atoms with E-state index in [0.29, 0.717) is 11.1 Å². The summed E-state index contributed by atoms with van der Waals surface area (Å²) in [6.07, 6.45) is -1.13. The van der Waals surface area contributed by atoms with Crippen LogP contribution >= 0.6 is 0 Å². The number of H-pyrrole nitrogens is 1. The van der Waals surface area contributed by atoms with Crippen molar-refractivity contribution in [1.29, 1.82) is 0 Å². The van der Waals surface area contributed by atoms with E-state index in [9.17, 15) is 19.5 Å². The SMILES string of the molecule is CO[C@H]1C(n2cc(C)c(=O)[nH]c2=O)COC(CO)[C@H]1OC(=O)c1ccccc1. The van der Waals surface area contributed by atoms with Gasteiger partial charge in [-0.2, -0.15) is 0 Å². The fraction of sp³-hybridized carbons (Fsp3) is 0.421. The van der Waals surface area contributed by atoms with Crippen molar-refractivity contribution in [2.45, 2.75) is 31.3 Å². The number of aliphatic hydroxyl groups is 1. The molecule has 0 aliphatic carbocycles. The first-order chi connectivity index (χ1) is 13.5. The Balaban J connectivity index is 1.93. The number of aryl methyl sites for hydroxylation is 1. The second-order valence-corrected chi connectivity index (χ2v) is 6.54. The van der Waals surface area contributed by atoms with Crippen molar-refractivity contribution in [2.24, 2.45) is 0 Å². The van der Waals surface area contributed by atoms with Crippen molar-refractivity contribution in [3.8, 4) is 0 Å². The van der Waals surface area contributed by atoms with E-state index in [2.05, 4.69) is 4.98 Å². The number of carbonyl (C=O) groups excluding carboxylic acids is 1. The number of methoxy groups -OCH3 is 1. The molecule has 9 nitrogen and oxygen atoms in total. The molecule has 0 spiro atoms. The molecule has 4 atom stereocenters. The van der Waals surface area contributed by atoms with E-state index in [-0.39, 0.29) is 6.61 Å². The van der Waals surface area contributed by atoms with Gasteiger partial charge in [-0.1, -0.05) is 18.2 Å². The molecule has 0 amide bonds. The van der Waals surface area contributed by atoms with E-state index >= 15 is 0 Å². The minimum Gasteiger partial charge on any atom is -0.453 e. The topological polar surface area (TPSA) is 120 Å². The number of rotatable bonds is 5. The summed E-state index contributed by atoms with van der Waals surface area (Å²) in [5.74, 6) is -0.597. The zero-order valence-electron chi connectivity index (χ0n) is 15.5. The Morgan fingerprint density at radius 1 is 1.29 bits per heavy atom. The van der Waals surface area contributed by atoms with Crippen molar-refractivity contribution in [3.63, 3.8) is 0 Å². The summed E-state index contributed by atoms with van der Waals surface area (Å²) in [6, 6.07) is 7.73. The zero-order valence-corrected chi connectivity index (χ0v) is 15.5. The van der Waals surface area contributed by atoms with Gasteiger partial charge in [0.2, 0.25) is 0 Å². The van der Waals surface area contributed by atoms with Crippen LogP contribution in [0.1, 0.15) is 22.0 Å². The average Bonchev–Trinajstić information content (AvgIpc) is 2.71. The zero-order chi connectivity index (χ0) is 20.3. The number of hydrogen-bond donors (Lipinski definition) is 2. The summed E-state index contributed by atoms with van der Waals surface area (Å²) >= 11 is 0. The number of nitrogens with zero attached hydrogens (tertiary/aromatic N) is 1. The maximum absolute atomic E-state index is 12.5. The number of aromatic amines is 1. The van der Waals surface area contributed by atoms with Gasteiger partial charge in [0.25, 0.3) is 5.56 Å². The Kier molecular flexibility index (Phi) is 6.08. The fourth-order valence-corrected chi connectivity index (χ4v) is 3.27. The van der Waals surface area contributed by atoms with Crippen molar-refractivity contribution in [3.05, 3.63) is 68.5 Å². The van der Waals surface area contributed by atoms with Crippen LogP contribution in [0.25, 0.3) is 0 Å². The molecular formula is C19H22N2O7. The first kappa shape index (κ1) is 20.0.